The number of nitrogens with one attached hydrogen (secondary N) is 3. The van der Waals surface area contributed by atoms with Gasteiger partial charge >= 0.3 is 0 Å². The third-order valence-corrected chi connectivity index (χ3v) is 8.13. The molecule has 2 bridgehead atoms. The maximum atomic E-state index is 13.0. The van der Waals surface area contributed by atoms with Gasteiger partial charge in [0, 0.05) is 48.5 Å². The Labute approximate surface area is 206 Å². The van der Waals surface area contributed by atoms with E-state index in [1.165, 1.54) is 19.3 Å². The minimum atomic E-state index is 0.00120. The molecule has 1 saturated carbocycles. The number of aromatic amines is 1. The van der Waals surface area contributed by atoms with Crippen LogP contribution in [0.2, 0.25) is 0 Å². The van der Waals surface area contributed by atoms with Gasteiger partial charge in [0.25, 0.3) is 0 Å². The molecule has 1 aliphatic carbocycles. The summed E-state index contributed by atoms with van der Waals surface area (Å²) in [5, 5.41) is 14.3. The quantitative estimate of drug-likeness (QED) is 0.535. The van der Waals surface area contributed by atoms with Crippen LogP contribution < -0.4 is 10.6 Å². The molecular formula is C26H37N7O2. The molecule has 0 spiro atoms. The van der Waals surface area contributed by atoms with Crippen molar-refractivity contribution in [3.63, 3.8) is 0 Å². The van der Waals surface area contributed by atoms with E-state index in [9.17, 15) is 4.79 Å². The largest absolute Gasteiger partial charge is 0.372 e. The van der Waals surface area contributed by atoms with E-state index in [0.717, 1.165) is 80.1 Å². The van der Waals surface area contributed by atoms with Crippen LogP contribution in [0, 0.1) is 19.8 Å². The molecule has 3 unspecified atom stereocenters. The van der Waals surface area contributed by atoms with Gasteiger partial charge in [0.05, 0.1) is 5.69 Å². The average molecular weight is 480 g/mol. The van der Waals surface area contributed by atoms with Gasteiger partial charge in [0.1, 0.15) is 11.9 Å². The lowest BCUT2D eigenvalue weighted by atomic mass is 9.81. The van der Waals surface area contributed by atoms with Crippen molar-refractivity contribution in [2.75, 3.05) is 17.2 Å². The number of carbonyl (C=O) groups excluding carboxylic acids is 1. The highest BCUT2D eigenvalue weighted by molar-refractivity contribution is 5.77. The number of H-pyrrole nitrogens is 1. The summed E-state index contributed by atoms with van der Waals surface area (Å²) >= 11 is 0. The second kappa shape index (κ2) is 9.41. The molecule has 4 aliphatic rings. The Morgan fingerprint density at radius 2 is 1.91 bits per heavy atom. The minimum absolute atomic E-state index is 0.00120. The number of nitrogens with zero attached hydrogens (tertiary/aromatic N) is 4. The highest BCUT2D eigenvalue weighted by Crippen LogP contribution is 2.39. The van der Waals surface area contributed by atoms with Gasteiger partial charge in [-0.1, -0.05) is 0 Å². The molecule has 3 atom stereocenters. The normalized spacial score (nSPS) is 28.2. The van der Waals surface area contributed by atoms with Crippen LogP contribution in [-0.2, 0) is 9.53 Å². The standard InChI is InChI=1S/C26H37N7O2/c1-15-11-22(32-31-15)28-25-16(2)24(21-7-4-10-35-21)29-26(30-25)27-18-13-19-5-3-6-20(14-18)33(19)23(34)12-17-8-9-17/h11,17-21H,3-10,12-14H2,1-2H3,(H3,27,28,29,30,31,32). The summed E-state index contributed by atoms with van der Waals surface area (Å²) in [5.74, 6) is 3.16. The first-order valence-electron chi connectivity index (χ1n) is 13.4. The highest BCUT2D eigenvalue weighted by Gasteiger charge is 2.42. The molecule has 4 fully saturated rings. The molecule has 2 aromatic heterocycles. The number of anilines is 3. The summed E-state index contributed by atoms with van der Waals surface area (Å²) in [6.45, 7) is 4.81. The number of piperidine rings is 2. The van der Waals surface area contributed by atoms with E-state index in [0.29, 0.717) is 29.9 Å². The molecule has 1 amide bonds. The summed E-state index contributed by atoms with van der Waals surface area (Å²) < 4.78 is 6.00. The van der Waals surface area contributed by atoms with Crippen molar-refractivity contribution < 1.29 is 9.53 Å². The van der Waals surface area contributed by atoms with Crippen molar-refractivity contribution >= 4 is 23.5 Å². The number of hydrogen-bond donors (Lipinski definition) is 3. The Hall–Kier alpha value is -2.68. The monoisotopic (exact) mass is 479 g/mol. The van der Waals surface area contributed by atoms with Gasteiger partial charge in [0.15, 0.2) is 5.82 Å². The van der Waals surface area contributed by atoms with Gasteiger partial charge in [-0.3, -0.25) is 9.89 Å². The Kier molecular flexibility index (Phi) is 6.12. The lowest BCUT2D eigenvalue weighted by molar-refractivity contribution is -0.141. The lowest BCUT2D eigenvalue weighted by Crippen LogP contribution is -2.57. The predicted octanol–water partition coefficient (Wildman–Crippen LogP) is 4.54. The van der Waals surface area contributed by atoms with Gasteiger partial charge < -0.3 is 20.3 Å². The molecule has 9 heteroatoms. The van der Waals surface area contributed by atoms with Crippen LogP contribution >= 0.6 is 0 Å². The molecule has 9 nitrogen and oxygen atoms in total. The van der Waals surface area contributed by atoms with Crippen LogP contribution in [0.4, 0.5) is 17.6 Å². The van der Waals surface area contributed by atoms with Crippen LogP contribution in [-0.4, -0.2) is 55.7 Å². The predicted molar refractivity (Wildman–Crippen MR) is 134 cm³/mol. The lowest BCUT2D eigenvalue weighted by Gasteiger charge is -2.49. The summed E-state index contributed by atoms with van der Waals surface area (Å²) in [6, 6.07) is 2.89. The molecule has 3 aliphatic heterocycles. The zero-order chi connectivity index (χ0) is 23.9. The molecule has 188 valence electrons. The smallest absolute Gasteiger partial charge is 0.225 e. The Bertz CT molecular complexity index is 1060. The van der Waals surface area contributed by atoms with E-state index in [4.69, 9.17) is 14.7 Å². The molecule has 0 aromatic carbocycles. The van der Waals surface area contributed by atoms with Crippen molar-refractivity contribution in [1.82, 2.24) is 25.1 Å². The highest BCUT2D eigenvalue weighted by atomic mass is 16.5. The van der Waals surface area contributed by atoms with E-state index >= 15 is 0 Å². The number of ether oxygens (including phenoxy) is 1. The summed E-state index contributed by atoms with van der Waals surface area (Å²) in [7, 11) is 0. The van der Waals surface area contributed by atoms with E-state index < -0.39 is 0 Å². The third kappa shape index (κ3) is 4.87. The molecule has 3 N–H and O–H groups in total. The summed E-state index contributed by atoms with van der Waals surface area (Å²) in [5.41, 5.74) is 2.94. The number of rotatable bonds is 7. The summed E-state index contributed by atoms with van der Waals surface area (Å²) in [6.07, 6.45) is 10.6. The van der Waals surface area contributed by atoms with Gasteiger partial charge in [-0.2, -0.15) is 10.1 Å². The molecule has 2 aromatic rings. The van der Waals surface area contributed by atoms with Crippen molar-refractivity contribution in [1.29, 1.82) is 0 Å². The van der Waals surface area contributed by atoms with Crippen LogP contribution in [0.25, 0.3) is 0 Å². The van der Waals surface area contributed by atoms with Crippen LogP contribution in [0.15, 0.2) is 6.07 Å². The number of amides is 1. The zero-order valence-corrected chi connectivity index (χ0v) is 20.8. The average Bonchev–Trinajstić information content (AvgIpc) is 3.28. The van der Waals surface area contributed by atoms with Gasteiger partial charge in [-0.05, 0) is 77.6 Å². The first kappa shape index (κ1) is 22.8. The first-order valence-corrected chi connectivity index (χ1v) is 13.4. The number of aromatic nitrogens is 4. The van der Waals surface area contributed by atoms with E-state index in [1.54, 1.807) is 0 Å². The van der Waals surface area contributed by atoms with E-state index in [1.807, 2.05) is 13.0 Å². The van der Waals surface area contributed by atoms with Gasteiger partial charge in [0.2, 0.25) is 11.9 Å². The third-order valence-electron chi connectivity index (χ3n) is 8.13. The van der Waals surface area contributed by atoms with E-state index in [2.05, 4.69) is 32.7 Å². The Balaban J connectivity index is 1.22. The van der Waals surface area contributed by atoms with Crippen LogP contribution in [0.1, 0.15) is 87.3 Å². The molecule has 3 saturated heterocycles. The number of hydrogen-bond acceptors (Lipinski definition) is 7. The zero-order valence-electron chi connectivity index (χ0n) is 20.8. The number of fused-ring (bicyclic) bond motifs is 2. The molecule has 0 radical (unpaired) electrons. The number of carbonyl (C=O) groups is 1. The van der Waals surface area contributed by atoms with Crippen molar-refractivity contribution in [2.45, 2.75) is 102 Å². The number of aryl methyl sites for hydroxylation is 1. The Morgan fingerprint density at radius 1 is 1.11 bits per heavy atom. The van der Waals surface area contributed by atoms with Crippen molar-refractivity contribution in [3.8, 4) is 0 Å². The van der Waals surface area contributed by atoms with Gasteiger partial charge in [-0.15, -0.1) is 0 Å². The van der Waals surface area contributed by atoms with Crippen LogP contribution in [0.3, 0.4) is 0 Å². The fourth-order valence-electron chi connectivity index (χ4n) is 6.19. The Morgan fingerprint density at radius 3 is 2.57 bits per heavy atom. The van der Waals surface area contributed by atoms with Gasteiger partial charge in [-0.25, -0.2) is 4.98 Å². The second-order valence-corrected chi connectivity index (χ2v) is 11.0. The maximum Gasteiger partial charge on any atom is 0.225 e. The fraction of sp³-hybridized carbons (Fsp3) is 0.692. The molecule has 35 heavy (non-hydrogen) atoms. The summed E-state index contributed by atoms with van der Waals surface area (Å²) in [4.78, 5) is 25.1. The fourth-order valence-corrected chi connectivity index (χ4v) is 6.19. The molecule has 6 rings (SSSR count). The first-order chi connectivity index (χ1) is 17.0. The SMILES string of the molecule is Cc1cc(Nc2nc(NC3CC4CCCC(C3)N4C(=O)CC3CC3)nc(C3CCCO3)c2C)n[nH]1. The maximum absolute atomic E-state index is 13.0. The molecule has 5 heterocycles. The topological polar surface area (TPSA) is 108 Å². The van der Waals surface area contributed by atoms with Crippen LogP contribution in [0.5, 0.6) is 0 Å². The second-order valence-electron chi connectivity index (χ2n) is 11.0. The van der Waals surface area contributed by atoms with Crippen molar-refractivity contribution in [3.05, 3.63) is 23.0 Å². The van der Waals surface area contributed by atoms with E-state index in [-0.39, 0.29) is 12.1 Å². The molecular weight excluding hydrogens is 442 g/mol. The minimum Gasteiger partial charge on any atom is -0.372 e. The van der Waals surface area contributed by atoms with Crippen molar-refractivity contribution in [2.24, 2.45) is 5.92 Å².